The van der Waals surface area contributed by atoms with Crippen molar-refractivity contribution in [2.24, 2.45) is 0 Å². The fourth-order valence-electron chi connectivity index (χ4n) is 3.46. The number of para-hydroxylation sites is 2. The van der Waals surface area contributed by atoms with Crippen molar-refractivity contribution >= 4 is 22.6 Å². The zero-order chi connectivity index (χ0) is 20.2. The molecule has 1 amide bonds. The van der Waals surface area contributed by atoms with E-state index in [0.717, 1.165) is 16.9 Å². The summed E-state index contributed by atoms with van der Waals surface area (Å²) in [5.74, 6) is 1.48. The lowest BCUT2D eigenvalue weighted by Crippen LogP contribution is -2.20. The van der Waals surface area contributed by atoms with Gasteiger partial charge in [0.1, 0.15) is 18.1 Å². The maximum atomic E-state index is 12.8. The van der Waals surface area contributed by atoms with E-state index in [2.05, 4.69) is 24.4 Å². The Morgan fingerprint density at radius 3 is 2.66 bits per heavy atom. The molecule has 1 N–H and O–H groups in total. The van der Waals surface area contributed by atoms with Gasteiger partial charge < -0.3 is 14.6 Å². The standard InChI is InChI=1S/C24H23N3O2/c1-17-8-3-4-9-18(17)14-23-26-21-12-5-6-13-22(21)27(23)16-24(28)25-19-10-7-11-20(15-19)29-2/h3-13,15H,14,16H2,1-2H3,(H,25,28). The summed E-state index contributed by atoms with van der Waals surface area (Å²) in [5, 5.41) is 2.95. The molecule has 0 aliphatic heterocycles. The molecule has 4 rings (SSSR count). The molecule has 0 saturated carbocycles. The molecular formula is C24H23N3O2. The number of methoxy groups -OCH3 is 1. The summed E-state index contributed by atoms with van der Waals surface area (Å²) < 4.78 is 7.23. The van der Waals surface area contributed by atoms with Crippen LogP contribution in [-0.2, 0) is 17.8 Å². The van der Waals surface area contributed by atoms with Gasteiger partial charge in [-0.2, -0.15) is 0 Å². The molecular weight excluding hydrogens is 362 g/mol. The Bertz CT molecular complexity index is 1160. The third-order valence-corrected chi connectivity index (χ3v) is 5.00. The van der Waals surface area contributed by atoms with Gasteiger partial charge in [-0.3, -0.25) is 4.79 Å². The summed E-state index contributed by atoms with van der Waals surface area (Å²) in [4.78, 5) is 17.6. The summed E-state index contributed by atoms with van der Waals surface area (Å²) in [6.45, 7) is 2.29. The first-order chi connectivity index (χ1) is 14.1. The summed E-state index contributed by atoms with van der Waals surface area (Å²) in [7, 11) is 1.61. The number of hydrogen-bond acceptors (Lipinski definition) is 3. The van der Waals surface area contributed by atoms with Crippen molar-refractivity contribution in [1.82, 2.24) is 9.55 Å². The Kier molecular flexibility index (Phi) is 5.29. The Morgan fingerprint density at radius 2 is 1.83 bits per heavy atom. The topological polar surface area (TPSA) is 56.1 Å². The van der Waals surface area contributed by atoms with Crippen molar-refractivity contribution in [3.05, 3.63) is 89.7 Å². The Balaban J connectivity index is 1.63. The second kappa shape index (κ2) is 8.19. The van der Waals surface area contributed by atoms with Crippen LogP contribution < -0.4 is 10.1 Å². The molecule has 1 aromatic heterocycles. The van der Waals surface area contributed by atoms with Gasteiger partial charge in [-0.1, -0.05) is 42.5 Å². The maximum absolute atomic E-state index is 12.8. The minimum absolute atomic E-state index is 0.104. The Morgan fingerprint density at radius 1 is 1.03 bits per heavy atom. The lowest BCUT2D eigenvalue weighted by molar-refractivity contribution is -0.116. The maximum Gasteiger partial charge on any atom is 0.244 e. The van der Waals surface area contributed by atoms with Gasteiger partial charge in [-0.25, -0.2) is 4.98 Å². The second-order valence-electron chi connectivity index (χ2n) is 6.99. The molecule has 0 saturated heterocycles. The molecule has 0 unspecified atom stereocenters. The number of carbonyl (C=O) groups excluding carboxylic acids is 1. The van der Waals surface area contributed by atoms with Gasteiger partial charge in [-0.05, 0) is 42.3 Å². The number of amides is 1. The van der Waals surface area contributed by atoms with Gasteiger partial charge in [0, 0.05) is 18.2 Å². The van der Waals surface area contributed by atoms with Crippen molar-refractivity contribution in [2.45, 2.75) is 19.9 Å². The number of aromatic nitrogens is 2. The van der Waals surface area contributed by atoms with Crippen LogP contribution in [0.2, 0.25) is 0 Å². The van der Waals surface area contributed by atoms with Crippen molar-refractivity contribution in [3.63, 3.8) is 0 Å². The van der Waals surface area contributed by atoms with Gasteiger partial charge in [0.2, 0.25) is 5.91 Å². The zero-order valence-corrected chi connectivity index (χ0v) is 16.6. The minimum Gasteiger partial charge on any atom is -0.497 e. The smallest absolute Gasteiger partial charge is 0.244 e. The van der Waals surface area contributed by atoms with E-state index < -0.39 is 0 Å². The minimum atomic E-state index is -0.104. The van der Waals surface area contributed by atoms with E-state index in [1.54, 1.807) is 13.2 Å². The number of aryl methyl sites for hydroxylation is 1. The predicted molar refractivity (Wildman–Crippen MR) is 115 cm³/mol. The number of benzene rings is 3. The van der Waals surface area contributed by atoms with E-state index in [4.69, 9.17) is 9.72 Å². The lowest BCUT2D eigenvalue weighted by Gasteiger charge is -2.12. The number of nitrogens with one attached hydrogen (secondary N) is 1. The van der Waals surface area contributed by atoms with Gasteiger partial charge in [0.15, 0.2) is 0 Å². The van der Waals surface area contributed by atoms with E-state index >= 15 is 0 Å². The van der Waals surface area contributed by atoms with Crippen LogP contribution in [0, 0.1) is 6.92 Å². The van der Waals surface area contributed by atoms with Crippen LogP contribution in [-0.4, -0.2) is 22.6 Å². The highest BCUT2D eigenvalue weighted by molar-refractivity contribution is 5.92. The van der Waals surface area contributed by atoms with Crippen LogP contribution in [0.3, 0.4) is 0 Å². The fourth-order valence-corrected chi connectivity index (χ4v) is 3.46. The normalized spacial score (nSPS) is 10.8. The molecule has 0 fully saturated rings. The molecule has 4 aromatic rings. The van der Waals surface area contributed by atoms with Crippen LogP contribution in [0.25, 0.3) is 11.0 Å². The molecule has 0 radical (unpaired) electrons. The number of imidazole rings is 1. The van der Waals surface area contributed by atoms with Gasteiger partial charge in [0.05, 0.1) is 18.1 Å². The molecule has 5 nitrogen and oxygen atoms in total. The van der Waals surface area contributed by atoms with Gasteiger partial charge in [-0.15, -0.1) is 0 Å². The quantitative estimate of drug-likeness (QED) is 0.528. The van der Waals surface area contributed by atoms with Crippen LogP contribution in [0.5, 0.6) is 5.75 Å². The highest BCUT2D eigenvalue weighted by Crippen LogP contribution is 2.21. The number of nitrogens with zero attached hydrogens (tertiary/aromatic N) is 2. The first-order valence-corrected chi connectivity index (χ1v) is 9.56. The molecule has 0 spiro atoms. The number of anilines is 1. The van der Waals surface area contributed by atoms with Crippen molar-refractivity contribution in [3.8, 4) is 5.75 Å². The van der Waals surface area contributed by atoms with E-state index in [-0.39, 0.29) is 12.5 Å². The molecule has 0 bridgehead atoms. The molecule has 5 heteroatoms. The highest BCUT2D eigenvalue weighted by Gasteiger charge is 2.15. The summed E-state index contributed by atoms with van der Waals surface area (Å²) in [6.07, 6.45) is 0.674. The molecule has 29 heavy (non-hydrogen) atoms. The first-order valence-electron chi connectivity index (χ1n) is 9.56. The number of rotatable bonds is 6. The highest BCUT2D eigenvalue weighted by atomic mass is 16.5. The second-order valence-corrected chi connectivity index (χ2v) is 6.99. The van der Waals surface area contributed by atoms with Crippen molar-refractivity contribution in [2.75, 3.05) is 12.4 Å². The average molecular weight is 385 g/mol. The lowest BCUT2D eigenvalue weighted by atomic mass is 10.1. The molecule has 1 heterocycles. The van der Waals surface area contributed by atoms with Crippen LogP contribution in [0.15, 0.2) is 72.8 Å². The van der Waals surface area contributed by atoms with Crippen molar-refractivity contribution in [1.29, 1.82) is 0 Å². The number of hydrogen-bond donors (Lipinski definition) is 1. The summed E-state index contributed by atoms with van der Waals surface area (Å²) in [6, 6.07) is 23.5. The van der Waals surface area contributed by atoms with E-state index in [1.165, 1.54) is 11.1 Å². The Labute approximate surface area is 170 Å². The molecule has 0 atom stereocenters. The number of fused-ring (bicyclic) bond motifs is 1. The zero-order valence-electron chi connectivity index (χ0n) is 16.6. The van der Waals surface area contributed by atoms with E-state index in [9.17, 15) is 4.79 Å². The van der Waals surface area contributed by atoms with Crippen LogP contribution in [0.1, 0.15) is 17.0 Å². The summed E-state index contributed by atoms with van der Waals surface area (Å²) >= 11 is 0. The van der Waals surface area contributed by atoms with E-state index in [0.29, 0.717) is 17.9 Å². The first kappa shape index (κ1) is 18.7. The largest absolute Gasteiger partial charge is 0.497 e. The third kappa shape index (κ3) is 4.14. The molecule has 0 aliphatic carbocycles. The van der Waals surface area contributed by atoms with Crippen LogP contribution >= 0.6 is 0 Å². The van der Waals surface area contributed by atoms with Gasteiger partial charge >= 0.3 is 0 Å². The van der Waals surface area contributed by atoms with Crippen molar-refractivity contribution < 1.29 is 9.53 Å². The van der Waals surface area contributed by atoms with Gasteiger partial charge in [0.25, 0.3) is 0 Å². The monoisotopic (exact) mass is 385 g/mol. The molecule has 146 valence electrons. The Hall–Kier alpha value is -3.60. The molecule has 3 aromatic carbocycles. The SMILES string of the molecule is COc1cccc(NC(=O)Cn2c(Cc3ccccc3C)nc3ccccc32)c1. The summed E-state index contributed by atoms with van der Waals surface area (Å²) in [5.41, 5.74) is 4.98. The van der Waals surface area contributed by atoms with Crippen LogP contribution in [0.4, 0.5) is 5.69 Å². The average Bonchev–Trinajstić information content (AvgIpc) is 3.07. The number of ether oxygens (including phenoxy) is 1. The third-order valence-electron chi connectivity index (χ3n) is 5.00. The van der Waals surface area contributed by atoms with E-state index in [1.807, 2.05) is 59.2 Å². The molecule has 0 aliphatic rings. The fraction of sp³-hybridized carbons (Fsp3) is 0.167. The predicted octanol–water partition coefficient (Wildman–Crippen LogP) is 4.58. The number of carbonyl (C=O) groups is 1.